The van der Waals surface area contributed by atoms with Crippen LogP contribution in [0, 0.1) is 0 Å². The van der Waals surface area contributed by atoms with Gasteiger partial charge in [-0.05, 0) is 18.2 Å². The summed E-state index contributed by atoms with van der Waals surface area (Å²) >= 11 is 1.61. The average Bonchev–Trinajstić information content (AvgIpc) is 3.04. The number of carbonyl (C=O) groups is 1. The summed E-state index contributed by atoms with van der Waals surface area (Å²) in [5, 5.41) is 4.93. The van der Waals surface area contributed by atoms with E-state index in [0.717, 1.165) is 15.2 Å². The molecule has 0 bridgehead atoms. The van der Waals surface area contributed by atoms with Crippen LogP contribution >= 0.6 is 11.3 Å². The van der Waals surface area contributed by atoms with Crippen molar-refractivity contribution < 1.29 is 4.79 Å². The number of hydrogen-bond acceptors (Lipinski definition) is 5. The number of nitrogen functional groups attached to an aromatic ring is 1. The Morgan fingerprint density at radius 3 is 2.90 bits per heavy atom. The lowest BCUT2D eigenvalue weighted by atomic mass is 10.3. The molecule has 0 unspecified atom stereocenters. The van der Waals surface area contributed by atoms with E-state index in [-0.39, 0.29) is 12.5 Å². The lowest BCUT2D eigenvalue weighted by molar-refractivity contribution is -0.131. The second kappa shape index (κ2) is 5.53. The van der Waals surface area contributed by atoms with Gasteiger partial charge in [-0.2, -0.15) is 5.10 Å². The number of carbonyl (C=O) groups excluding carboxylic acids is 1. The monoisotopic (exact) mass is 301 g/mol. The van der Waals surface area contributed by atoms with Crippen LogP contribution in [0.1, 0.15) is 5.01 Å². The molecule has 108 valence electrons. The fraction of sp³-hybridized carbons (Fsp3) is 0.214. The van der Waals surface area contributed by atoms with E-state index in [1.807, 2.05) is 24.3 Å². The highest BCUT2D eigenvalue weighted by Crippen LogP contribution is 2.22. The number of fused-ring (bicyclic) bond motifs is 1. The van der Waals surface area contributed by atoms with Crippen molar-refractivity contribution in [1.29, 1.82) is 0 Å². The number of nitrogens with zero attached hydrogens (tertiary/aromatic N) is 4. The van der Waals surface area contributed by atoms with Crippen molar-refractivity contribution in [1.82, 2.24) is 19.7 Å². The zero-order valence-corrected chi connectivity index (χ0v) is 12.4. The van der Waals surface area contributed by atoms with Gasteiger partial charge in [0.1, 0.15) is 17.4 Å². The number of rotatable bonds is 4. The quantitative estimate of drug-likeness (QED) is 0.796. The highest BCUT2D eigenvalue weighted by Gasteiger charge is 2.13. The van der Waals surface area contributed by atoms with Crippen LogP contribution in [0.4, 0.5) is 5.82 Å². The van der Waals surface area contributed by atoms with Crippen LogP contribution in [0.25, 0.3) is 10.2 Å². The molecule has 0 saturated carbocycles. The normalized spacial score (nSPS) is 10.9. The highest BCUT2D eigenvalue weighted by atomic mass is 32.1. The van der Waals surface area contributed by atoms with Gasteiger partial charge in [-0.3, -0.25) is 9.48 Å². The molecule has 0 saturated heterocycles. The Hall–Kier alpha value is -2.41. The van der Waals surface area contributed by atoms with Crippen molar-refractivity contribution >= 4 is 33.3 Å². The summed E-state index contributed by atoms with van der Waals surface area (Å²) in [6.07, 6.45) is 1.69. The molecule has 0 aliphatic rings. The van der Waals surface area contributed by atoms with Crippen molar-refractivity contribution in [2.45, 2.75) is 13.1 Å². The van der Waals surface area contributed by atoms with Crippen LogP contribution in [0.2, 0.25) is 0 Å². The first-order chi connectivity index (χ1) is 10.1. The standard InChI is InChI=1S/C14H15N5OS/c1-18(14(20)9-19-7-6-12(15)17-19)8-13-16-10-4-2-3-5-11(10)21-13/h2-7H,8-9H2,1H3,(H2,15,17). The van der Waals surface area contributed by atoms with E-state index < -0.39 is 0 Å². The van der Waals surface area contributed by atoms with Gasteiger partial charge in [-0.15, -0.1) is 11.3 Å². The van der Waals surface area contributed by atoms with E-state index in [9.17, 15) is 4.79 Å². The van der Waals surface area contributed by atoms with Gasteiger partial charge in [0.25, 0.3) is 0 Å². The van der Waals surface area contributed by atoms with Gasteiger partial charge in [-0.1, -0.05) is 12.1 Å². The van der Waals surface area contributed by atoms with Gasteiger partial charge in [0.15, 0.2) is 0 Å². The number of hydrogen-bond donors (Lipinski definition) is 1. The molecule has 1 aromatic carbocycles. The summed E-state index contributed by atoms with van der Waals surface area (Å²) in [5.74, 6) is 0.383. The van der Waals surface area contributed by atoms with Crippen molar-refractivity contribution in [3.63, 3.8) is 0 Å². The maximum atomic E-state index is 12.1. The van der Waals surface area contributed by atoms with Crippen molar-refractivity contribution in [2.75, 3.05) is 12.8 Å². The second-order valence-corrected chi connectivity index (χ2v) is 5.88. The molecular formula is C14H15N5OS. The van der Waals surface area contributed by atoms with E-state index >= 15 is 0 Å². The lowest BCUT2D eigenvalue weighted by Gasteiger charge is -2.15. The molecule has 0 spiro atoms. The topological polar surface area (TPSA) is 77.0 Å². The van der Waals surface area contributed by atoms with Crippen LogP contribution in [-0.4, -0.2) is 32.6 Å². The Morgan fingerprint density at radius 1 is 1.38 bits per heavy atom. The van der Waals surface area contributed by atoms with Gasteiger partial charge in [0.05, 0.1) is 16.8 Å². The maximum Gasteiger partial charge on any atom is 0.244 e. The molecule has 0 atom stereocenters. The number of benzene rings is 1. The molecule has 3 aromatic rings. The summed E-state index contributed by atoms with van der Waals surface area (Å²) in [4.78, 5) is 18.3. The van der Waals surface area contributed by atoms with Gasteiger partial charge in [0, 0.05) is 13.2 Å². The molecule has 1 amide bonds. The number of aromatic nitrogens is 3. The molecule has 21 heavy (non-hydrogen) atoms. The molecule has 0 aliphatic carbocycles. The molecule has 2 aromatic heterocycles. The van der Waals surface area contributed by atoms with Crippen molar-refractivity contribution in [2.24, 2.45) is 0 Å². The minimum atomic E-state index is -0.0302. The summed E-state index contributed by atoms with van der Waals surface area (Å²) in [5.41, 5.74) is 6.50. The Morgan fingerprint density at radius 2 is 2.19 bits per heavy atom. The molecule has 2 heterocycles. The smallest absolute Gasteiger partial charge is 0.244 e. The summed E-state index contributed by atoms with van der Waals surface area (Å²) < 4.78 is 2.67. The highest BCUT2D eigenvalue weighted by molar-refractivity contribution is 7.18. The molecule has 0 radical (unpaired) electrons. The van der Waals surface area contributed by atoms with Crippen molar-refractivity contribution in [3.8, 4) is 0 Å². The van der Waals surface area contributed by atoms with Crippen LogP contribution in [-0.2, 0) is 17.9 Å². The third kappa shape index (κ3) is 3.03. The maximum absolute atomic E-state index is 12.1. The van der Waals surface area contributed by atoms with Crippen LogP contribution in [0.15, 0.2) is 36.5 Å². The largest absolute Gasteiger partial charge is 0.382 e. The number of thiazole rings is 1. The number of para-hydroxylation sites is 1. The summed E-state index contributed by atoms with van der Waals surface area (Å²) in [6.45, 7) is 0.674. The number of amides is 1. The molecule has 7 heteroatoms. The van der Waals surface area contributed by atoms with E-state index in [2.05, 4.69) is 10.1 Å². The predicted molar refractivity (Wildman–Crippen MR) is 82.7 cm³/mol. The SMILES string of the molecule is CN(Cc1nc2ccccc2s1)C(=O)Cn1ccc(N)n1. The first-order valence-corrected chi connectivity index (χ1v) is 7.31. The first kappa shape index (κ1) is 13.6. The van der Waals surface area contributed by atoms with E-state index in [1.165, 1.54) is 4.68 Å². The fourth-order valence-corrected chi connectivity index (χ4v) is 3.02. The first-order valence-electron chi connectivity index (χ1n) is 6.49. The van der Waals surface area contributed by atoms with E-state index in [1.54, 1.807) is 35.5 Å². The summed E-state index contributed by atoms with van der Waals surface area (Å²) in [7, 11) is 1.77. The molecule has 2 N–H and O–H groups in total. The average molecular weight is 301 g/mol. The van der Waals surface area contributed by atoms with Gasteiger partial charge in [0.2, 0.25) is 5.91 Å². The predicted octanol–water partition coefficient (Wildman–Crippen LogP) is 1.73. The number of nitrogens with two attached hydrogens (primary N) is 1. The Bertz CT molecular complexity index is 745. The number of likely N-dealkylation sites (N-methyl/N-ethyl adjacent to an activating group) is 1. The third-order valence-electron chi connectivity index (χ3n) is 3.09. The molecule has 0 fully saturated rings. The van der Waals surface area contributed by atoms with Gasteiger partial charge >= 0.3 is 0 Å². The van der Waals surface area contributed by atoms with Crippen LogP contribution < -0.4 is 5.73 Å². The van der Waals surface area contributed by atoms with E-state index in [4.69, 9.17) is 5.73 Å². The minimum absolute atomic E-state index is 0.0302. The Kier molecular flexibility index (Phi) is 3.57. The van der Waals surface area contributed by atoms with Crippen LogP contribution in [0.3, 0.4) is 0 Å². The Balaban J connectivity index is 1.67. The zero-order chi connectivity index (χ0) is 14.8. The Labute approximate surface area is 125 Å². The molecule has 0 aliphatic heterocycles. The lowest BCUT2D eigenvalue weighted by Crippen LogP contribution is -2.29. The van der Waals surface area contributed by atoms with Crippen molar-refractivity contribution in [3.05, 3.63) is 41.5 Å². The third-order valence-corrected chi connectivity index (χ3v) is 4.12. The minimum Gasteiger partial charge on any atom is -0.382 e. The van der Waals surface area contributed by atoms with Crippen LogP contribution in [0.5, 0.6) is 0 Å². The molecule has 6 nitrogen and oxygen atoms in total. The number of anilines is 1. The summed E-state index contributed by atoms with van der Waals surface area (Å²) in [6, 6.07) is 9.62. The fourth-order valence-electron chi connectivity index (χ4n) is 2.00. The zero-order valence-electron chi connectivity index (χ0n) is 11.6. The molecule has 3 rings (SSSR count). The van der Waals surface area contributed by atoms with Gasteiger partial charge in [-0.25, -0.2) is 4.98 Å². The molecular weight excluding hydrogens is 286 g/mol. The van der Waals surface area contributed by atoms with Gasteiger partial charge < -0.3 is 10.6 Å². The van der Waals surface area contributed by atoms with E-state index in [0.29, 0.717) is 12.4 Å². The second-order valence-electron chi connectivity index (χ2n) is 4.76.